The maximum Gasteiger partial charge on any atom is 0.0935 e. The van der Waals surface area contributed by atoms with Gasteiger partial charge in [0.1, 0.15) is 0 Å². The van der Waals surface area contributed by atoms with Gasteiger partial charge in [-0.15, -0.1) is 0 Å². The monoisotopic (exact) mass is 256 g/mol. The van der Waals surface area contributed by atoms with Crippen molar-refractivity contribution in [3.63, 3.8) is 0 Å². The summed E-state index contributed by atoms with van der Waals surface area (Å²) in [7, 11) is 0. The van der Waals surface area contributed by atoms with Gasteiger partial charge >= 0.3 is 0 Å². The molecule has 0 aromatic rings. The molecule has 0 spiro atoms. The van der Waals surface area contributed by atoms with Crippen LogP contribution in [0.25, 0.3) is 0 Å². The average Bonchev–Trinajstić information content (AvgIpc) is 2.88. The fourth-order valence-corrected chi connectivity index (χ4v) is 2.74. The first kappa shape index (κ1) is 14.3. The van der Waals surface area contributed by atoms with Gasteiger partial charge in [0.05, 0.1) is 19.3 Å². The zero-order chi connectivity index (χ0) is 12.8. The van der Waals surface area contributed by atoms with Gasteiger partial charge in [-0.05, 0) is 45.7 Å². The maximum absolute atomic E-state index is 5.78. The van der Waals surface area contributed by atoms with Gasteiger partial charge in [-0.25, -0.2) is 0 Å². The summed E-state index contributed by atoms with van der Waals surface area (Å²) in [5.41, 5.74) is 0. The van der Waals surface area contributed by atoms with Crippen LogP contribution in [0.2, 0.25) is 0 Å². The topological polar surface area (TPSA) is 33.7 Å². The third-order valence-corrected chi connectivity index (χ3v) is 4.04. The van der Waals surface area contributed by atoms with Crippen LogP contribution in [0.3, 0.4) is 0 Å². The Balaban J connectivity index is 1.55. The van der Waals surface area contributed by atoms with Crippen molar-refractivity contribution in [2.45, 2.75) is 38.8 Å². The highest BCUT2D eigenvalue weighted by Gasteiger charge is 2.22. The van der Waals surface area contributed by atoms with E-state index in [0.717, 1.165) is 38.8 Å². The summed E-state index contributed by atoms with van der Waals surface area (Å²) < 4.78 is 11.5. The summed E-state index contributed by atoms with van der Waals surface area (Å²) >= 11 is 0. The standard InChI is InChI=1S/C14H28N2O2/c1-12(2)16-6-8-18-14(10-16)11-17-7-4-13-3-5-15-9-13/h12-15H,3-11H2,1-2H3. The van der Waals surface area contributed by atoms with E-state index in [1.807, 2.05) is 0 Å². The van der Waals surface area contributed by atoms with E-state index in [2.05, 4.69) is 24.1 Å². The van der Waals surface area contributed by atoms with Gasteiger partial charge in [0.2, 0.25) is 0 Å². The molecule has 0 aromatic carbocycles. The third kappa shape index (κ3) is 4.50. The summed E-state index contributed by atoms with van der Waals surface area (Å²) in [6.45, 7) is 11.4. The van der Waals surface area contributed by atoms with E-state index >= 15 is 0 Å². The molecular weight excluding hydrogens is 228 g/mol. The molecule has 0 radical (unpaired) electrons. The van der Waals surface area contributed by atoms with Crippen molar-refractivity contribution in [1.29, 1.82) is 0 Å². The van der Waals surface area contributed by atoms with Crippen molar-refractivity contribution >= 4 is 0 Å². The zero-order valence-electron chi connectivity index (χ0n) is 11.9. The molecule has 0 aromatic heterocycles. The average molecular weight is 256 g/mol. The second-order valence-corrected chi connectivity index (χ2v) is 5.80. The lowest BCUT2D eigenvalue weighted by atomic mass is 10.1. The number of nitrogens with zero attached hydrogens (tertiary/aromatic N) is 1. The van der Waals surface area contributed by atoms with Crippen LogP contribution in [-0.4, -0.2) is 63.0 Å². The lowest BCUT2D eigenvalue weighted by molar-refractivity contribution is -0.0768. The largest absolute Gasteiger partial charge is 0.379 e. The molecule has 4 nitrogen and oxygen atoms in total. The Hall–Kier alpha value is -0.160. The van der Waals surface area contributed by atoms with Crippen LogP contribution < -0.4 is 5.32 Å². The highest BCUT2D eigenvalue weighted by atomic mass is 16.5. The molecule has 106 valence electrons. The molecule has 2 fully saturated rings. The third-order valence-electron chi connectivity index (χ3n) is 4.04. The quantitative estimate of drug-likeness (QED) is 0.722. The molecule has 18 heavy (non-hydrogen) atoms. The molecule has 2 aliphatic rings. The van der Waals surface area contributed by atoms with Crippen molar-refractivity contribution in [1.82, 2.24) is 10.2 Å². The fraction of sp³-hybridized carbons (Fsp3) is 1.00. The lowest BCUT2D eigenvalue weighted by Crippen LogP contribution is -2.47. The molecule has 4 heteroatoms. The first-order chi connectivity index (χ1) is 8.75. The van der Waals surface area contributed by atoms with Crippen LogP contribution >= 0.6 is 0 Å². The van der Waals surface area contributed by atoms with Crippen molar-refractivity contribution in [3.8, 4) is 0 Å². The van der Waals surface area contributed by atoms with Crippen molar-refractivity contribution in [2.24, 2.45) is 5.92 Å². The Morgan fingerprint density at radius 2 is 2.33 bits per heavy atom. The van der Waals surface area contributed by atoms with Crippen LogP contribution in [-0.2, 0) is 9.47 Å². The molecule has 2 saturated heterocycles. The Morgan fingerprint density at radius 1 is 1.44 bits per heavy atom. The minimum atomic E-state index is 0.267. The minimum absolute atomic E-state index is 0.267. The Morgan fingerprint density at radius 3 is 3.06 bits per heavy atom. The van der Waals surface area contributed by atoms with E-state index in [9.17, 15) is 0 Å². The predicted molar refractivity (Wildman–Crippen MR) is 72.9 cm³/mol. The smallest absolute Gasteiger partial charge is 0.0935 e. The molecule has 0 saturated carbocycles. The highest BCUT2D eigenvalue weighted by Crippen LogP contribution is 2.13. The van der Waals surface area contributed by atoms with Gasteiger partial charge in [-0.2, -0.15) is 0 Å². The van der Waals surface area contributed by atoms with Gasteiger partial charge < -0.3 is 14.8 Å². The van der Waals surface area contributed by atoms with E-state index in [4.69, 9.17) is 9.47 Å². The molecule has 0 amide bonds. The lowest BCUT2D eigenvalue weighted by Gasteiger charge is -2.35. The van der Waals surface area contributed by atoms with Gasteiger partial charge in [-0.3, -0.25) is 4.90 Å². The molecular formula is C14H28N2O2. The number of hydrogen-bond donors (Lipinski definition) is 1. The zero-order valence-corrected chi connectivity index (χ0v) is 11.9. The Bertz CT molecular complexity index is 230. The molecule has 2 atom stereocenters. The Kier molecular flexibility index (Phi) is 5.89. The van der Waals surface area contributed by atoms with E-state index in [1.165, 1.54) is 25.9 Å². The second kappa shape index (κ2) is 7.43. The Labute approximate surface area is 111 Å². The van der Waals surface area contributed by atoms with E-state index in [0.29, 0.717) is 6.04 Å². The van der Waals surface area contributed by atoms with Crippen molar-refractivity contribution in [3.05, 3.63) is 0 Å². The molecule has 2 rings (SSSR count). The maximum atomic E-state index is 5.78. The second-order valence-electron chi connectivity index (χ2n) is 5.80. The fourth-order valence-electron chi connectivity index (χ4n) is 2.74. The summed E-state index contributed by atoms with van der Waals surface area (Å²) in [6, 6.07) is 0.612. The predicted octanol–water partition coefficient (Wildman–Crippen LogP) is 1.11. The number of morpholine rings is 1. The van der Waals surface area contributed by atoms with Crippen LogP contribution in [0.1, 0.15) is 26.7 Å². The first-order valence-corrected chi connectivity index (χ1v) is 7.40. The number of rotatable bonds is 6. The van der Waals surface area contributed by atoms with Crippen LogP contribution in [0.15, 0.2) is 0 Å². The van der Waals surface area contributed by atoms with Crippen LogP contribution in [0, 0.1) is 5.92 Å². The van der Waals surface area contributed by atoms with Crippen LogP contribution in [0.4, 0.5) is 0 Å². The van der Waals surface area contributed by atoms with Gasteiger partial charge in [-0.1, -0.05) is 0 Å². The molecule has 0 bridgehead atoms. The molecule has 2 unspecified atom stereocenters. The van der Waals surface area contributed by atoms with Gasteiger partial charge in [0.25, 0.3) is 0 Å². The van der Waals surface area contributed by atoms with Crippen molar-refractivity contribution < 1.29 is 9.47 Å². The minimum Gasteiger partial charge on any atom is -0.379 e. The number of ether oxygens (including phenoxy) is 2. The van der Waals surface area contributed by atoms with Crippen molar-refractivity contribution in [2.75, 3.05) is 46.0 Å². The normalized spacial score (nSPS) is 30.2. The number of nitrogens with one attached hydrogen (secondary N) is 1. The SMILES string of the molecule is CC(C)N1CCOC(COCCC2CCNC2)C1. The first-order valence-electron chi connectivity index (χ1n) is 7.40. The summed E-state index contributed by atoms with van der Waals surface area (Å²) in [4.78, 5) is 2.47. The summed E-state index contributed by atoms with van der Waals surface area (Å²) in [5, 5.41) is 3.39. The summed E-state index contributed by atoms with van der Waals surface area (Å²) in [5.74, 6) is 0.824. The molecule has 0 aliphatic carbocycles. The molecule has 2 aliphatic heterocycles. The summed E-state index contributed by atoms with van der Waals surface area (Å²) in [6.07, 6.45) is 2.76. The van der Waals surface area contributed by atoms with E-state index in [-0.39, 0.29) is 6.10 Å². The molecule has 1 N–H and O–H groups in total. The van der Waals surface area contributed by atoms with E-state index < -0.39 is 0 Å². The number of hydrogen-bond acceptors (Lipinski definition) is 4. The highest BCUT2D eigenvalue weighted by molar-refractivity contribution is 4.74. The van der Waals surface area contributed by atoms with Gasteiger partial charge in [0.15, 0.2) is 0 Å². The van der Waals surface area contributed by atoms with Gasteiger partial charge in [0, 0.05) is 25.7 Å². The van der Waals surface area contributed by atoms with E-state index in [1.54, 1.807) is 0 Å². The molecule has 2 heterocycles. The van der Waals surface area contributed by atoms with Crippen LogP contribution in [0.5, 0.6) is 0 Å².